The Labute approximate surface area is 273 Å². The van der Waals surface area contributed by atoms with Gasteiger partial charge in [0.25, 0.3) is 5.91 Å². The molecule has 47 heavy (non-hydrogen) atoms. The highest BCUT2D eigenvalue weighted by molar-refractivity contribution is 5.99. The van der Waals surface area contributed by atoms with Gasteiger partial charge in [-0.15, -0.1) is 0 Å². The fourth-order valence-electron chi connectivity index (χ4n) is 5.38. The number of carboxylic acids is 1. The van der Waals surface area contributed by atoms with Gasteiger partial charge in [-0.3, -0.25) is 14.5 Å². The van der Waals surface area contributed by atoms with Crippen LogP contribution in [-0.4, -0.2) is 95.6 Å². The molecule has 0 spiro atoms. The fourth-order valence-corrected chi connectivity index (χ4v) is 5.38. The molecule has 3 N–H and O–H groups in total. The van der Waals surface area contributed by atoms with Crippen molar-refractivity contribution < 1.29 is 47.2 Å². The standard InChI is InChI=1S/C34H46F3N3O7/c1-22-18-40(23(2)21-41)32(43)28-17-27(38-31(42)14-15-34(35,36)37)12-13-29(28)47-24(3)7-5-6-16-46-30(22)20-39(4)19-25-8-10-26(11-9-25)33(44)45/h8-13,17,22-24,30,41H,5-7,14-16,18-21H2,1-4H3,(H,38,42)(H,44,45)/t22-,23+,24-,30-/m1/s1. The van der Waals surface area contributed by atoms with Gasteiger partial charge in [-0.1, -0.05) is 19.1 Å². The van der Waals surface area contributed by atoms with Crippen molar-refractivity contribution in [2.45, 2.75) is 83.8 Å². The van der Waals surface area contributed by atoms with E-state index in [2.05, 4.69) is 10.2 Å². The van der Waals surface area contributed by atoms with Crippen LogP contribution in [-0.2, 0) is 16.1 Å². The number of hydrogen-bond donors (Lipinski definition) is 3. The minimum Gasteiger partial charge on any atom is -0.490 e. The second-order valence-electron chi connectivity index (χ2n) is 12.4. The van der Waals surface area contributed by atoms with E-state index in [9.17, 15) is 37.8 Å². The van der Waals surface area contributed by atoms with Crippen LogP contribution < -0.4 is 10.1 Å². The van der Waals surface area contributed by atoms with E-state index in [0.29, 0.717) is 26.1 Å². The predicted molar refractivity (Wildman–Crippen MR) is 171 cm³/mol. The van der Waals surface area contributed by atoms with E-state index in [0.717, 1.165) is 18.4 Å². The number of benzene rings is 2. The van der Waals surface area contributed by atoms with Crippen molar-refractivity contribution in [2.24, 2.45) is 5.92 Å². The van der Waals surface area contributed by atoms with Gasteiger partial charge in [0.05, 0.1) is 42.4 Å². The van der Waals surface area contributed by atoms with E-state index in [-0.39, 0.29) is 53.8 Å². The highest BCUT2D eigenvalue weighted by Gasteiger charge is 2.31. The van der Waals surface area contributed by atoms with Crippen LogP contribution >= 0.6 is 0 Å². The Balaban J connectivity index is 1.87. The minimum absolute atomic E-state index is 0.120. The number of aromatic carboxylic acids is 1. The Morgan fingerprint density at radius 2 is 1.83 bits per heavy atom. The zero-order valence-corrected chi connectivity index (χ0v) is 27.4. The first-order valence-electron chi connectivity index (χ1n) is 15.9. The number of anilines is 1. The fraction of sp³-hybridized carbons (Fsp3) is 0.559. The topological polar surface area (TPSA) is 129 Å². The Morgan fingerprint density at radius 1 is 1.13 bits per heavy atom. The van der Waals surface area contributed by atoms with Gasteiger partial charge in [0.15, 0.2) is 0 Å². The van der Waals surface area contributed by atoms with Gasteiger partial charge in [0.2, 0.25) is 5.91 Å². The number of fused-ring (bicyclic) bond motifs is 1. The van der Waals surface area contributed by atoms with Crippen molar-refractivity contribution in [3.63, 3.8) is 0 Å². The van der Waals surface area contributed by atoms with Gasteiger partial charge in [-0.05, 0) is 76.1 Å². The third-order valence-corrected chi connectivity index (χ3v) is 8.12. The molecule has 10 nitrogen and oxygen atoms in total. The summed E-state index contributed by atoms with van der Waals surface area (Å²) in [4.78, 5) is 41.3. The summed E-state index contributed by atoms with van der Waals surface area (Å²) in [5.74, 6) is -2.21. The zero-order chi connectivity index (χ0) is 34.7. The first-order chi connectivity index (χ1) is 22.2. The zero-order valence-electron chi connectivity index (χ0n) is 27.4. The summed E-state index contributed by atoms with van der Waals surface area (Å²) in [6.07, 6.45) is -4.80. The lowest BCUT2D eigenvalue weighted by molar-refractivity contribution is -0.142. The molecule has 2 aromatic carbocycles. The number of carbonyl (C=O) groups is 3. The van der Waals surface area contributed by atoms with Crippen LogP contribution in [0.2, 0.25) is 0 Å². The van der Waals surface area contributed by atoms with Crippen molar-refractivity contribution in [1.82, 2.24) is 9.80 Å². The molecule has 260 valence electrons. The summed E-state index contributed by atoms with van der Waals surface area (Å²) in [5, 5.41) is 21.8. The molecule has 1 heterocycles. The van der Waals surface area contributed by atoms with Crippen LogP contribution in [0.1, 0.15) is 79.2 Å². The quantitative estimate of drug-likeness (QED) is 0.300. The number of hydrogen-bond acceptors (Lipinski definition) is 7. The average molecular weight is 666 g/mol. The Morgan fingerprint density at radius 3 is 2.47 bits per heavy atom. The number of rotatable bonds is 10. The number of nitrogens with zero attached hydrogens (tertiary/aromatic N) is 2. The van der Waals surface area contributed by atoms with Gasteiger partial charge < -0.3 is 29.9 Å². The molecule has 3 rings (SSSR count). The van der Waals surface area contributed by atoms with Crippen molar-refractivity contribution in [3.8, 4) is 5.75 Å². The Kier molecular flexibility index (Phi) is 14.0. The highest BCUT2D eigenvalue weighted by atomic mass is 19.4. The number of amides is 2. The summed E-state index contributed by atoms with van der Waals surface area (Å²) in [7, 11) is 1.94. The maximum atomic E-state index is 14.2. The summed E-state index contributed by atoms with van der Waals surface area (Å²) >= 11 is 0. The number of carbonyl (C=O) groups excluding carboxylic acids is 2. The third-order valence-electron chi connectivity index (χ3n) is 8.12. The summed E-state index contributed by atoms with van der Waals surface area (Å²) in [5.41, 5.74) is 1.42. The lowest BCUT2D eigenvalue weighted by Crippen LogP contribution is -2.47. The summed E-state index contributed by atoms with van der Waals surface area (Å²) in [6, 6.07) is 10.5. The number of carboxylic acid groups (broad SMARTS) is 1. The average Bonchev–Trinajstić information content (AvgIpc) is 3.01. The van der Waals surface area contributed by atoms with E-state index < -0.39 is 42.8 Å². The monoisotopic (exact) mass is 665 g/mol. The van der Waals surface area contributed by atoms with Gasteiger partial charge in [0, 0.05) is 44.3 Å². The molecule has 0 aromatic heterocycles. The van der Waals surface area contributed by atoms with Gasteiger partial charge in [0.1, 0.15) is 5.75 Å². The van der Waals surface area contributed by atoms with E-state index in [1.807, 2.05) is 20.9 Å². The van der Waals surface area contributed by atoms with Crippen molar-refractivity contribution in [2.75, 3.05) is 38.7 Å². The molecule has 0 fully saturated rings. The van der Waals surface area contributed by atoms with Crippen LogP contribution in [0.3, 0.4) is 0 Å². The van der Waals surface area contributed by atoms with E-state index >= 15 is 0 Å². The molecule has 0 bridgehead atoms. The molecule has 0 aliphatic carbocycles. The van der Waals surface area contributed by atoms with Gasteiger partial charge >= 0.3 is 12.1 Å². The molecule has 13 heteroatoms. The SMILES string of the molecule is C[C@@H]1CCCCO[C@H](CN(C)Cc2ccc(C(=O)O)cc2)[C@H](C)CN([C@@H](C)CO)C(=O)c2cc(NC(=O)CCC(F)(F)F)ccc2O1. The van der Waals surface area contributed by atoms with Gasteiger partial charge in [-0.25, -0.2) is 4.79 Å². The number of aliphatic hydroxyl groups is 1. The van der Waals surface area contributed by atoms with Gasteiger partial charge in [-0.2, -0.15) is 13.2 Å². The molecule has 0 radical (unpaired) electrons. The number of ether oxygens (including phenoxy) is 2. The smallest absolute Gasteiger partial charge is 0.389 e. The van der Waals surface area contributed by atoms with E-state index in [4.69, 9.17) is 9.47 Å². The number of aliphatic hydroxyl groups excluding tert-OH is 1. The number of alkyl halides is 3. The molecule has 0 saturated heterocycles. The molecular weight excluding hydrogens is 619 g/mol. The van der Waals surface area contributed by atoms with Crippen molar-refractivity contribution >= 4 is 23.5 Å². The molecule has 0 unspecified atom stereocenters. The lowest BCUT2D eigenvalue weighted by Gasteiger charge is -2.36. The van der Waals surface area contributed by atoms with Crippen LogP contribution in [0.25, 0.3) is 0 Å². The molecule has 0 saturated carbocycles. The molecule has 1 aliphatic rings. The summed E-state index contributed by atoms with van der Waals surface area (Å²) in [6.45, 7) is 7.00. The molecule has 4 atom stereocenters. The first-order valence-corrected chi connectivity index (χ1v) is 15.9. The van der Waals surface area contributed by atoms with Crippen molar-refractivity contribution in [1.29, 1.82) is 0 Å². The lowest BCUT2D eigenvalue weighted by atomic mass is 10.0. The first kappa shape index (κ1) is 37.8. The van der Waals surface area contributed by atoms with Crippen LogP contribution in [0.4, 0.5) is 18.9 Å². The molecular formula is C34H46F3N3O7. The van der Waals surface area contributed by atoms with Crippen LogP contribution in [0.15, 0.2) is 42.5 Å². The second-order valence-corrected chi connectivity index (χ2v) is 12.4. The molecule has 1 aliphatic heterocycles. The highest BCUT2D eigenvalue weighted by Crippen LogP contribution is 2.29. The second kappa shape index (κ2) is 17.5. The van der Waals surface area contributed by atoms with Crippen LogP contribution in [0, 0.1) is 5.92 Å². The Hall–Kier alpha value is -3.68. The normalized spacial score (nSPS) is 20.6. The number of halogens is 3. The van der Waals surface area contributed by atoms with E-state index in [1.54, 1.807) is 31.2 Å². The van der Waals surface area contributed by atoms with Crippen LogP contribution in [0.5, 0.6) is 5.75 Å². The number of likely N-dealkylation sites (N-methyl/N-ethyl adjacent to an activating group) is 1. The third kappa shape index (κ3) is 12.1. The predicted octanol–water partition coefficient (Wildman–Crippen LogP) is 5.59. The summed E-state index contributed by atoms with van der Waals surface area (Å²) < 4.78 is 50.5. The maximum absolute atomic E-state index is 14.2. The maximum Gasteiger partial charge on any atom is 0.389 e. The van der Waals surface area contributed by atoms with E-state index in [1.165, 1.54) is 23.1 Å². The Bertz CT molecular complexity index is 1340. The number of nitrogens with one attached hydrogen (secondary N) is 1. The molecule has 2 amide bonds. The van der Waals surface area contributed by atoms with Crippen molar-refractivity contribution in [3.05, 3.63) is 59.2 Å². The largest absolute Gasteiger partial charge is 0.490 e. The molecule has 2 aromatic rings. The minimum atomic E-state index is -4.48.